The molecule has 0 heterocycles. The first-order valence-corrected chi connectivity index (χ1v) is 12.0. The van der Waals surface area contributed by atoms with Gasteiger partial charge < -0.3 is 0 Å². The quantitative estimate of drug-likeness (QED) is 0.0842. The van der Waals surface area contributed by atoms with Gasteiger partial charge in [-0.1, -0.05) is 109 Å². The zero-order chi connectivity index (χ0) is 19.1. The minimum atomic E-state index is -0.259. The van der Waals surface area contributed by atoms with E-state index in [1.54, 1.807) is 5.48 Å². The molecule has 1 amide bonds. The van der Waals surface area contributed by atoms with Gasteiger partial charge in [-0.25, -0.2) is 5.48 Å². The Morgan fingerprint density at radius 2 is 0.808 bits per heavy atom. The Morgan fingerprint density at radius 1 is 0.538 bits per heavy atom. The Labute approximate surface area is 168 Å². The van der Waals surface area contributed by atoms with E-state index in [9.17, 15) is 4.79 Å². The maximum Gasteiger partial charge on any atom is 0.243 e. The Balaban J connectivity index is 3.00. The molecule has 0 aromatic heterocycles. The summed E-state index contributed by atoms with van der Waals surface area (Å²) >= 11 is 4.25. The van der Waals surface area contributed by atoms with Crippen molar-refractivity contribution in [1.29, 1.82) is 0 Å². The average Bonchev–Trinajstić information content (AvgIpc) is 2.66. The fourth-order valence-corrected chi connectivity index (χ4v) is 3.68. The average molecular weight is 388 g/mol. The topological polar surface area (TPSA) is 49.3 Å². The normalized spacial score (nSPS) is 11.0. The zero-order valence-corrected chi connectivity index (χ0v) is 18.0. The van der Waals surface area contributed by atoms with Gasteiger partial charge in [0, 0.05) is 6.42 Å². The van der Waals surface area contributed by atoms with Crippen LogP contribution in [0.5, 0.6) is 0 Å². The molecule has 0 saturated carbocycles. The first kappa shape index (κ1) is 25.8. The molecule has 0 aromatic rings. The van der Waals surface area contributed by atoms with Crippen LogP contribution in [0.2, 0.25) is 0 Å². The van der Waals surface area contributed by atoms with Crippen LogP contribution >= 0.6 is 12.6 Å². The smallest absolute Gasteiger partial charge is 0.243 e. The molecule has 0 spiro atoms. The number of amides is 1. The first-order chi connectivity index (χ1) is 12.8. The fourth-order valence-electron chi connectivity index (χ4n) is 3.46. The predicted molar refractivity (Wildman–Crippen MR) is 116 cm³/mol. The number of hydrogen-bond acceptors (Lipinski definition) is 3. The number of nitrogens with one attached hydrogen (secondary N) is 1. The van der Waals surface area contributed by atoms with Gasteiger partial charge in [-0.05, 0) is 18.6 Å². The van der Waals surface area contributed by atoms with E-state index in [0.29, 0.717) is 6.42 Å². The number of carbonyl (C=O) groups is 1. The van der Waals surface area contributed by atoms with Crippen LogP contribution in [0.4, 0.5) is 0 Å². The molecule has 156 valence electrons. The molecule has 2 N–H and O–H groups in total. The van der Waals surface area contributed by atoms with Gasteiger partial charge in [0.25, 0.3) is 0 Å². The molecule has 0 atom stereocenters. The fraction of sp³-hybridized carbons (Fsp3) is 0.955. The van der Waals surface area contributed by atoms with E-state index in [4.69, 9.17) is 5.21 Å². The summed E-state index contributed by atoms with van der Waals surface area (Å²) in [5.74, 6) is 0.790. The van der Waals surface area contributed by atoms with Gasteiger partial charge in [0.1, 0.15) is 0 Å². The summed E-state index contributed by atoms with van der Waals surface area (Å²) in [7, 11) is 0. The molecule has 0 saturated heterocycles. The number of hydroxylamine groups is 1. The van der Waals surface area contributed by atoms with Gasteiger partial charge in [0.05, 0.1) is 0 Å². The monoisotopic (exact) mass is 387 g/mol. The van der Waals surface area contributed by atoms with Crippen LogP contribution < -0.4 is 5.48 Å². The van der Waals surface area contributed by atoms with Crippen molar-refractivity contribution in [3.05, 3.63) is 0 Å². The summed E-state index contributed by atoms with van der Waals surface area (Å²) in [6.45, 7) is 0. The van der Waals surface area contributed by atoms with Gasteiger partial charge in [-0.15, -0.1) is 0 Å². The lowest BCUT2D eigenvalue weighted by molar-refractivity contribution is -0.129. The molecule has 0 unspecified atom stereocenters. The van der Waals surface area contributed by atoms with Crippen molar-refractivity contribution in [2.75, 3.05) is 5.75 Å². The van der Waals surface area contributed by atoms with E-state index in [1.165, 1.54) is 109 Å². The highest BCUT2D eigenvalue weighted by molar-refractivity contribution is 7.80. The van der Waals surface area contributed by atoms with Crippen molar-refractivity contribution in [3.63, 3.8) is 0 Å². The van der Waals surface area contributed by atoms with Crippen LogP contribution in [-0.2, 0) is 4.79 Å². The molecule has 0 radical (unpaired) electrons. The van der Waals surface area contributed by atoms with Crippen LogP contribution in [0.1, 0.15) is 128 Å². The van der Waals surface area contributed by atoms with Gasteiger partial charge in [-0.3, -0.25) is 10.0 Å². The van der Waals surface area contributed by atoms with Crippen LogP contribution in [0, 0.1) is 0 Å². The number of thiol groups is 1. The predicted octanol–water partition coefficient (Wildman–Crippen LogP) is 7.22. The first-order valence-electron chi connectivity index (χ1n) is 11.3. The van der Waals surface area contributed by atoms with Crippen molar-refractivity contribution >= 4 is 18.5 Å². The summed E-state index contributed by atoms with van der Waals surface area (Å²) in [6.07, 6.45) is 25.9. The van der Waals surface area contributed by atoms with E-state index in [-0.39, 0.29) is 5.91 Å². The maximum absolute atomic E-state index is 10.8. The molecule has 4 heteroatoms. The summed E-state index contributed by atoms with van der Waals surface area (Å²) < 4.78 is 0. The molecule has 0 aliphatic heterocycles. The third kappa shape index (κ3) is 21.8. The molecule has 0 aliphatic carbocycles. The SMILES string of the molecule is O=C(CCCCCCCCCCCCCCCCCCCCCS)NO. The summed E-state index contributed by atoms with van der Waals surface area (Å²) in [5.41, 5.74) is 1.68. The van der Waals surface area contributed by atoms with Gasteiger partial charge in [0.2, 0.25) is 5.91 Å². The second-order valence-electron chi connectivity index (χ2n) is 7.73. The lowest BCUT2D eigenvalue weighted by Crippen LogP contribution is -2.17. The van der Waals surface area contributed by atoms with Crippen molar-refractivity contribution in [3.8, 4) is 0 Å². The van der Waals surface area contributed by atoms with Crippen LogP contribution in [0.25, 0.3) is 0 Å². The Bertz CT molecular complexity index is 287. The number of hydrogen-bond donors (Lipinski definition) is 3. The highest BCUT2D eigenvalue weighted by Gasteiger charge is 1.98. The largest absolute Gasteiger partial charge is 0.289 e. The van der Waals surface area contributed by atoms with E-state index in [0.717, 1.165) is 18.6 Å². The third-order valence-electron chi connectivity index (χ3n) is 5.19. The molecule has 0 bridgehead atoms. The van der Waals surface area contributed by atoms with Crippen molar-refractivity contribution in [2.24, 2.45) is 0 Å². The van der Waals surface area contributed by atoms with E-state index in [1.807, 2.05) is 0 Å². The van der Waals surface area contributed by atoms with Crippen molar-refractivity contribution in [1.82, 2.24) is 5.48 Å². The Morgan fingerprint density at radius 3 is 1.08 bits per heavy atom. The molecule has 3 nitrogen and oxygen atoms in total. The Hall–Kier alpha value is -0.220. The summed E-state index contributed by atoms with van der Waals surface area (Å²) in [4.78, 5) is 10.8. The molecular formula is C22H45NO2S. The summed E-state index contributed by atoms with van der Waals surface area (Å²) in [5, 5.41) is 8.39. The highest BCUT2D eigenvalue weighted by atomic mass is 32.1. The highest BCUT2D eigenvalue weighted by Crippen LogP contribution is 2.14. The maximum atomic E-state index is 10.8. The number of unbranched alkanes of at least 4 members (excludes halogenated alkanes) is 18. The van der Waals surface area contributed by atoms with Crippen LogP contribution in [0.15, 0.2) is 0 Å². The minimum Gasteiger partial charge on any atom is -0.289 e. The molecule has 26 heavy (non-hydrogen) atoms. The molecule has 0 rings (SSSR count). The van der Waals surface area contributed by atoms with E-state index < -0.39 is 0 Å². The summed E-state index contributed by atoms with van der Waals surface area (Å²) in [6, 6.07) is 0. The Kier molecular flexibility index (Phi) is 22.6. The third-order valence-corrected chi connectivity index (χ3v) is 5.50. The van der Waals surface area contributed by atoms with Gasteiger partial charge >= 0.3 is 0 Å². The second-order valence-corrected chi connectivity index (χ2v) is 8.17. The molecule has 0 fully saturated rings. The van der Waals surface area contributed by atoms with Gasteiger partial charge in [-0.2, -0.15) is 12.6 Å². The number of carbonyl (C=O) groups excluding carboxylic acids is 1. The lowest BCUT2D eigenvalue weighted by Gasteiger charge is -2.04. The second kappa shape index (κ2) is 22.8. The lowest BCUT2D eigenvalue weighted by atomic mass is 10.0. The molecular weight excluding hydrogens is 342 g/mol. The molecule has 0 aromatic carbocycles. The minimum absolute atomic E-state index is 0.259. The van der Waals surface area contributed by atoms with Crippen LogP contribution in [-0.4, -0.2) is 16.9 Å². The van der Waals surface area contributed by atoms with Crippen LogP contribution in [0.3, 0.4) is 0 Å². The number of rotatable bonds is 21. The van der Waals surface area contributed by atoms with Crippen molar-refractivity contribution in [2.45, 2.75) is 128 Å². The van der Waals surface area contributed by atoms with Crippen molar-refractivity contribution < 1.29 is 10.0 Å². The zero-order valence-electron chi connectivity index (χ0n) is 17.2. The molecule has 0 aliphatic rings. The standard InChI is InChI=1S/C22H45NO2S/c24-22(23-25)20-18-16-14-12-10-8-6-4-2-1-3-5-7-9-11-13-15-17-19-21-26/h25-26H,1-21H2,(H,23,24). The van der Waals surface area contributed by atoms with E-state index >= 15 is 0 Å². The van der Waals surface area contributed by atoms with E-state index in [2.05, 4.69) is 12.6 Å². The van der Waals surface area contributed by atoms with Gasteiger partial charge in [0.15, 0.2) is 0 Å².